The monoisotopic (exact) mass is 359 g/mol. The number of morpholine rings is 1. The summed E-state index contributed by atoms with van der Waals surface area (Å²) in [6.07, 6.45) is 1.75. The van der Waals surface area contributed by atoms with Crippen LogP contribution in [0.1, 0.15) is 5.56 Å². The van der Waals surface area contributed by atoms with Crippen LogP contribution in [-0.4, -0.2) is 41.0 Å². The van der Waals surface area contributed by atoms with Gasteiger partial charge in [-0.05, 0) is 29.8 Å². The lowest BCUT2D eigenvalue weighted by atomic mass is 10.2. The average Bonchev–Trinajstić information content (AvgIpc) is 3.14. The van der Waals surface area contributed by atoms with Gasteiger partial charge >= 0.3 is 0 Å². The topological polar surface area (TPSA) is 46.7 Å². The molecule has 1 aromatic heterocycles. The van der Waals surface area contributed by atoms with Crippen LogP contribution in [0.25, 0.3) is 10.5 Å². The van der Waals surface area contributed by atoms with Gasteiger partial charge in [-0.2, -0.15) is 5.10 Å². The maximum Gasteiger partial charge on any atom is 0.248 e. The van der Waals surface area contributed by atoms with Crippen LogP contribution in [0.5, 0.6) is 0 Å². The summed E-state index contributed by atoms with van der Waals surface area (Å²) in [6.45, 7) is 11.9. The fourth-order valence-corrected chi connectivity index (χ4v) is 3.10. The Labute approximate surface area is 158 Å². The number of benzene rings is 2. The summed E-state index contributed by atoms with van der Waals surface area (Å²) in [5, 5.41) is 7.80. The normalized spacial score (nSPS) is 14.6. The van der Waals surface area contributed by atoms with Crippen LogP contribution in [-0.2, 0) is 11.3 Å². The largest absolute Gasteiger partial charge is 0.379 e. The number of ether oxygens (including phenoxy) is 1. The molecule has 27 heavy (non-hydrogen) atoms. The Morgan fingerprint density at radius 1 is 1.04 bits per heavy atom. The molecule has 1 aliphatic heterocycles. The molecule has 0 amide bonds. The van der Waals surface area contributed by atoms with Crippen molar-refractivity contribution >= 4 is 17.2 Å². The number of nitrogens with zero attached hydrogens (tertiary/aromatic N) is 4. The first kappa shape index (κ1) is 17.3. The molecule has 6 heteroatoms. The van der Waals surface area contributed by atoms with Gasteiger partial charge in [0, 0.05) is 31.5 Å². The molecule has 0 spiro atoms. The summed E-state index contributed by atoms with van der Waals surface area (Å²) < 4.78 is 7.12. The van der Waals surface area contributed by atoms with Crippen molar-refractivity contribution in [3.63, 3.8) is 0 Å². The van der Waals surface area contributed by atoms with E-state index in [1.807, 2.05) is 42.5 Å². The van der Waals surface area contributed by atoms with Gasteiger partial charge in [-0.3, -0.25) is 9.58 Å². The summed E-state index contributed by atoms with van der Waals surface area (Å²) in [5.74, 6) is 0.565. The molecule has 0 bridgehead atoms. The third-order valence-corrected chi connectivity index (χ3v) is 4.56. The third-order valence-electron chi connectivity index (χ3n) is 4.56. The Morgan fingerprint density at radius 2 is 1.78 bits per heavy atom. The SMILES string of the molecule is [C-]#[N+]c1cn(-c2ccccc2)nc1Nc1ccc(CN2CCOCC2)cc1. The molecule has 4 rings (SSSR count). The predicted octanol–water partition coefficient (Wildman–Crippen LogP) is 4.00. The van der Waals surface area contributed by atoms with E-state index in [1.54, 1.807) is 10.9 Å². The zero-order chi connectivity index (χ0) is 18.5. The molecule has 0 radical (unpaired) electrons. The first-order valence-corrected chi connectivity index (χ1v) is 9.00. The van der Waals surface area contributed by atoms with Gasteiger partial charge in [-0.15, -0.1) is 0 Å². The maximum atomic E-state index is 7.42. The lowest BCUT2D eigenvalue weighted by Gasteiger charge is -2.26. The van der Waals surface area contributed by atoms with Crippen molar-refractivity contribution in [2.45, 2.75) is 6.54 Å². The van der Waals surface area contributed by atoms with Crippen LogP contribution in [0, 0.1) is 6.57 Å². The molecule has 136 valence electrons. The highest BCUT2D eigenvalue weighted by Gasteiger charge is 2.12. The van der Waals surface area contributed by atoms with Crippen LogP contribution in [0.2, 0.25) is 0 Å². The second-order valence-electron chi connectivity index (χ2n) is 6.47. The highest BCUT2D eigenvalue weighted by atomic mass is 16.5. The fraction of sp³-hybridized carbons (Fsp3) is 0.238. The van der Waals surface area contributed by atoms with Gasteiger partial charge in [0.15, 0.2) is 5.82 Å². The highest BCUT2D eigenvalue weighted by Crippen LogP contribution is 2.28. The first-order valence-electron chi connectivity index (χ1n) is 9.00. The van der Waals surface area contributed by atoms with E-state index in [9.17, 15) is 0 Å². The van der Waals surface area contributed by atoms with Gasteiger partial charge in [0.25, 0.3) is 0 Å². The minimum atomic E-state index is 0.497. The standard InChI is InChI=1S/C21H21N5O/c1-22-20-16-26(19-5-3-2-4-6-19)24-21(20)23-18-9-7-17(8-10-18)15-25-11-13-27-14-12-25/h2-10,16H,11-15H2,(H,23,24). The molecule has 0 atom stereocenters. The molecule has 1 N–H and O–H groups in total. The van der Waals surface area contributed by atoms with E-state index in [4.69, 9.17) is 11.3 Å². The third kappa shape index (κ3) is 4.17. The number of aromatic nitrogens is 2. The Kier molecular flexibility index (Phi) is 5.15. The molecule has 0 aliphatic carbocycles. The van der Waals surface area contributed by atoms with Gasteiger partial charge < -0.3 is 10.1 Å². The zero-order valence-electron chi connectivity index (χ0n) is 15.0. The van der Waals surface area contributed by atoms with Crippen LogP contribution in [0.3, 0.4) is 0 Å². The molecule has 2 heterocycles. The molecular formula is C21H21N5O. The van der Waals surface area contributed by atoms with E-state index >= 15 is 0 Å². The fourth-order valence-electron chi connectivity index (χ4n) is 3.10. The second kappa shape index (κ2) is 8.04. The zero-order valence-corrected chi connectivity index (χ0v) is 15.0. The Hall–Kier alpha value is -3.14. The van der Waals surface area contributed by atoms with E-state index in [1.165, 1.54) is 5.56 Å². The quantitative estimate of drug-likeness (QED) is 0.700. The van der Waals surface area contributed by atoms with Crippen LogP contribution < -0.4 is 5.32 Å². The second-order valence-corrected chi connectivity index (χ2v) is 6.47. The number of hydrogen-bond acceptors (Lipinski definition) is 4. The van der Waals surface area contributed by atoms with Crippen molar-refractivity contribution in [2.75, 3.05) is 31.6 Å². The molecule has 0 unspecified atom stereocenters. The van der Waals surface area contributed by atoms with Crippen LogP contribution in [0.15, 0.2) is 60.8 Å². The molecule has 0 saturated carbocycles. The highest BCUT2D eigenvalue weighted by molar-refractivity contribution is 5.71. The number of nitrogens with one attached hydrogen (secondary N) is 1. The van der Waals surface area contributed by atoms with Crippen molar-refractivity contribution in [1.82, 2.24) is 14.7 Å². The molecular weight excluding hydrogens is 338 g/mol. The van der Waals surface area contributed by atoms with E-state index in [-0.39, 0.29) is 0 Å². The van der Waals surface area contributed by atoms with Crippen LogP contribution in [0.4, 0.5) is 17.2 Å². The minimum Gasteiger partial charge on any atom is -0.379 e. The Bertz CT molecular complexity index is 921. The van der Waals surface area contributed by atoms with Gasteiger partial charge in [0.2, 0.25) is 5.69 Å². The van der Waals surface area contributed by atoms with Crippen molar-refractivity contribution < 1.29 is 4.74 Å². The molecule has 1 fully saturated rings. The molecule has 1 aliphatic rings. The summed E-state index contributed by atoms with van der Waals surface area (Å²) in [5.41, 5.74) is 3.61. The van der Waals surface area contributed by atoms with E-state index in [0.29, 0.717) is 11.5 Å². The van der Waals surface area contributed by atoms with Crippen molar-refractivity contribution in [3.8, 4) is 5.69 Å². The van der Waals surface area contributed by atoms with Crippen LogP contribution >= 0.6 is 0 Å². The molecule has 6 nitrogen and oxygen atoms in total. The smallest absolute Gasteiger partial charge is 0.248 e. The van der Waals surface area contributed by atoms with E-state index in [0.717, 1.165) is 44.2 Å². The van der Waals surface area contributed by atoms with Crippen molar-refractivity contribution in [2.24, 2.45) is 0 Å². The van der Waals surface area contributed by atoms with Gasteiger partial charge in [0.1, 0.15) is 0 Å². The lowest BCUT2D eigenvalue weighted by molar-refractivity contribution is 0.0342. The molecule has 1 saturated heterocycles. The summed E-state index contributed by atoms with van der Waals surface area (Å²) in [7, 11) is 0. The van der Waals surface area contributed by atoms with Gasteiger partial charge in [-0.25, -0.2) is 4.85 Å². The number of para-hydroxylation sites is 1. The number of hydrogen-bond donors (Lipinski definition) is 1. The Balaban J connectivity index is 1.47. The van der Waals surface area contributed by atoms with E-state index in [2.05, 4.69) is 32.3 Å². The van der Waals surface area contributed by atoms with Gasteiger partial charge in [-0.1, -0.05) is 30.3 Å². The predicted molar refractivity (Wildman–Crippen MR) is 106 cm³/mol. The molecule has 2 aromatic carbocycles. The number of anilines is 2. The summed E-state index contributed by atoms with van der Waals surface area (Å²) >= 11 is 0. The lowest BCUT2D eigenvalue weighted by Crippen LogP contribution is -2.35. The summed E-state index contributed by atoms with van der Waals surface area (Å²) in [4.78, 5) is 5.99. The minimum absolute atomic E-state index is 0.497. The average molecular weight is 359 g/mol. The summed E-state index contributed by atoms with van der Waals surface area (Å²) in [6, 6.07) is 18.1. The molecule has 3 aromatic rings. The number of rotatable bonds is 5. The van der Waals surface area contributed by atoms with Crippen molar-refractivity contribution in [1.29, 1.82) is 0 Å². The maximum absolute atomic E-state index is 7.42. The van der Waals surface area contributed by atoms with E-state index < -0.39 is 0 Å². The first-order chi connectivity index (χ1) is 13.3. The van der Waals surface area contributed by atoms with Crippen molar-refractivity contribution in [3.05, 3.63) is 77.8 Å². The Morgan fingerprint density at radius 3 is 2.48 bits per heavy atom. The van der Waals surface area contributed by atoms with Gasteiger partial charge in [0.05, 0.1) is 25.5 Å².